The predicted octanol–water partition coefficient (Wildman–Crippen LogP) is 1.18. The summed E-state index contributed by atoms with van der Waals surface area (Å²) in [4.78, 5) is 3.82. The van der Waals surface area contributed by atoms with E-state index in [1.54, 1.807) is 30.5 Å². The van der Waals surface area contributed by atoms with Crippen molar-refractivity contribution in [1.82, 2.24) is 4.98 Å². The first-order valence-corrected chi connectivity index (χ1v) is 3.89. The standard InChI is InChI=1S/C10H7N2O/c13-12-7-2-1-5-10(12)9-4-3-6-11-8-9/h1-7H. The minimum absolute atomic E-state index is 0.565. The molecular formula is C10H7N2O. The van der Waals surface area contributed by atoms with E-state index in [0.717, 1.165) is 4.73 Å². The molecule has 0 aliphatic rings. The van der Waals surface area contributed by atoms with E-state index in [4.69, 9.17) is 0 Å². The minimum Gasteiger partial charge on any atom is -0.618 e. The molecule has 13 heavy (non-hydrogen) atoms. The Hall–Kier alpha value is -1.90. The Bertz CT molecular complexity index is 401. The normalized spacial score (nSPS) is 9.85. The molecule has 3 heteroatoms. The van der Waals surface area contributed by atoms with Crippen LogP contribution in [0.4, 0.5) is 0 Å². The zero-order valence-electron chi connectivity index (χ0n) is 6.84. The molecule has 0 spiro atoms. The molecule has 0 atom stereocenters. The van der Waals surface area contributed by atoms with E-state index in [-0.39, 0.29) is 0 Å². The van der Waals surface area contributed by atoms with Crippen LogP contribution in [-0.2, 0) is 0 Å². The highest BCUT2D eigenvalue weighted by Gasteiger charge is 2.05. The maximum atomic E-state index is 11.3. The van der Waals surface area contributed by atoms with Crippen molar-refractivity contribution in [1.29, 1.82) is 0 Å². The Balaban J connectivity index is 2.54. The summed E-state index contributed by atoms with van der Waals surface area (Å²) in [6.45, 7) is 0. The van der Waals surface area contributed by atoms with Crippen LogP contribution in [-0.4, -0.2) is 4.98 Å². The fourth-order valence-electron chi connectivity index (χ4n) is 1.11. The average molecular weight is 171 g/mol. The van der Waals surface area contributed by atoms with Crippen molar-refractivity contribution >= 4 is 0 Å². The molecule has 2 aromatic rings. The van der Waals surface area contributed by atoms with Gasteiger partial charge in [0.05, 0.1) is 5.56 Å². The van der Waals surface area contributed by atoms with Crippen molar-refractivity contribution < 1.29 is 4.73 Å². The van der Waals surface area contributed by atoms with Gasteiger partial charge in [-0.3, -0.25) is 4.98 Å². The molecule has 1 radical (unpaired) electrons. The van der Waals surface area contributed by atoms with E-state index in [1.165, 1.54) is 6.20 Å². The molecule has 2 heterocycles. The van der Waals surface area contributed by atoms with Gasteiger partial charge in [-0.2, -0.15) is 4.73 Å². The Morgan fingerprint density at radius 2 is 2.15 bits per heavy atom. The number of pyridine rings is 2. The van der Waals surface area contributed by atoms with Crippen molar-refractivity contribution in [2.75, 3.05) is 0 Å². The summed E-state index contributed by atoms with van der Waals surface area (Å²) in [6.07, 6.45) is 5.84. The van der Waals surface area contributed by atoms with Crippen LogP contribution in [0, 0.1) is 11.4 Å². The molecule has 0 aliphatic carbocycles. The molecule has 0 saturated heterocycles. The highest BCUT2D eigenvalue weighted by molar-refractivity contribution is 5.53. The van der Waals surface area contributed by atoms with Crippen molar-refractivity contribution in [3.05, 3.63) is 54.1 Å². The number of hydrogen-bond acceptors (Lipinski definition) is 2. The predicted molar refractivity (Wildman–Crippen MR) is 47.5 cm³/mol. The average Bonchev–Trinajstić information content (AvgIpc) is 2.20. The van der Waals surface area contributed by atoms with E-state index in [2.05, 4.69) is 11.2 Å². The monoisotopic (exact) mass is 171 g/mol. The van der Waals surface area contributed by atoms with Crippen molar-refractivity contribution in [3.63, 3.8) is 0 Å². The first-order chi connectivity index (χ1) is 6.38. The van der Waals surface area contributed by atoms with Gasteiger partial charge in [0, 0.05) is 18.3 Å². The van der Waals surface area contributed by atoms with Crippen LogP contribution in [0.25, 0.3) is 11.3 Å². The minimum atomic E-state index is 0.565. The fraction of sp³-hybridized carbons (Fsp3) is 0. The molecule has 63 valence electrons. The van der Waals surface area contributed by atoms with Gasteiger partial charge in [0.15, 0.2) is 6.20 Å². The van der Waals surface area contributed by atoms with Crippen LogP contribution in [0.15, 0.2) is 42.7 Å². The molecule has 0 fully saturated rings. The lowest BCUT2D eigenvalue weighted by Gasteiger charge is -2.01. The van der Waals surface area contributed by atoms with Crippen molar-refractivity contribution in [2.24, 2.45) is 0 Å². The Labute approximate surface area is 75.9 Å². The van der Waals surface area contributed by atoms with Gasteiger partial charge in [0.1, 0.15) is 6.20 Å². The van der Waals surface area contributed by atoms with E-state index in [9.17, 15) is 5.21 Å². The van der Waals surface area contributed by atoms with Crippen LogP contribution in [0.3, 0.4) is 0 Å². The van der Waals surface area contributed by atoms with Gasteiger partial charge in [0.25, 0.3) is 0 Å². The zero-order chi connectivity index (χ0) is 9.10. The maximum Gasteiger partial charge on any atom is 0.226 e. The zero-order valence-corrected chi connectivity index (χ0v) is 6.84. The molecule has 0 bridgehead atoms. The third-order valence-corrected chi connectivity index (χ3v) is 1.71. The lowest BCUT2D eigenvalue weighted by Crippen LogP contribution is -2.27. The quantitative estimate of drug-likeness (QED) is 0.477. The van der Waals surface area contributed by atoms with Crippen LogP contribution in [0.2, 0.25) is 0 Å². The van der Waals surface area contributed by atoms with Gasteiger partial charge in [0.2, 0.25) is 5.69 Å². The molecule has 2 rings (SSSR count). The first-order valence-electron chi connectivity index (χ1n) is 3.89. The van der Waals surface area contributed by atoms with Gasteiger partial charge in [-0.15, -0.1) is 0 Å². The summed E-state index contributed by atoms with van der Waals surface area (Å²) in [7, 11) is 0. The second-order valence-electron chi connectivity index (χ2n) is 2.57. The molecule has 0 N–H and O–H groups in total. The highest BCUT2D eigenvalue weighted by Crippen LogP contribution is 2.10. The number of hydrogen-bond donors (Lipinski definition) is 0. The van der Waals surface area contributed by atoms with Crippen molar-refractivity contribution in [3.8, 4) is 11.3 Å². The maximum absolute atomic E-state index is 11.3. The van der Waals surface area contributed by atoms with Gasteiger partial charge >= 0.3 is 0 Å². The molecule has 0 aromatic carbocycles. The van der Waals surface area contributed by atoms with Crippen LogP contribution >= 0.6 is 0 Å². The Morgan fingerprint density at radius 1 is 1.23 bits per heavy atom. The smallest absolute Gasteiger partial charge is 0.226 e. The second-order valence-corrected chi connectivity index (χ2v) is 2.57. The second kappa shape index (κ2) is 3.23. The molecule has 0 saturated carbocycles. The van der Waals surface area contributed by atoms with Crippen LogP contribution in [0.1, 0.15) is 0 Å². The lowest BCUT2D eigenvalue weighted by atomic mass is 10.2. The number of aromatic nitrogens is 2. The lowest BCUT2D eigenvalue weighted by molar-refractivity contribution is -0.593. The summed E-state index contributed by atoms with van der Waals surface area (Å²) in [5, 5.41) is 11.3. The topological polar surface area (TPSA) is 39.8 Å². The SMILES string of the molecule is [O-][n+]1ccccc1-c1[c]nccc1. The molecule has 0 amide bonds. The first kappa shape index (κ1) is 7.73. The summed E-state index contributed by atoms with van der Waals surface area (Å²) >= 11 is 0. The number of nitrogens with zero attached hydrogens (tertiary/aromatic N) is 2. The van der Waals surface area contributed by atoms with E-state index < -0.39 is 0 Å². The Kier molecular flexibility index (Phi) is 1.92. The highest BCUT2D eigenvalue weighted by atomic mass is 16.5. The fourth-order valence-corrected chi connectivity index (χ4v) is 1.11. The summed E-state index contributed by atoms with van der Waals surface area (Å²) < 4.78 is 0.799. The molecular weight excluding hydrogens is 164 g/mol. The van der Waals surface area contributed by atoms with E-state index in [1.807, 2.05) is 6.07 Å². The molecule has 0 aliphatic heterocycles. The van der Waals surface area contributed by atoms with Gasteiger partial charge in [-0.05, 0) is 18.2 Å². The van der Waals surface area contributed by atoms with Crippen molar-refractivity contribution in [2.45, 2.75) is 0 Å². The van der Waals surface area contributed by atoms with Crippen LogP contribution in [0.5, 0.6) is 0 Å². The summed E-state index contributed by atoms with van der Waals surface area (Å²) in [5.74, 6) is 0. The Morgan fingerprint density at radius 3 is 2.85 bits per heavy atom. The van der Waals surface area contributed by atoms with Gasteiger partial charge in [-0.1, -0.05) is 0 Å². The summed E-state index contributed by atoms with van der Waals surface area (Å²) in [6, 6.07) is 8.81. The summed E-state index contributed by atoms with van der Waals surface area (Å²) in [5.41, 5.74) is 1.27. The molecule has 0 unspecified atom stereocenters. The number of rotatable bonds is 1. The third-order valence-electron chi connectivity index (χ3n) is 1.71. The largest absolute Gasteiger partial charge is 0.618 e. The molecule has 2 aromatic heterocycles. The van der Waals surface area contributed by atoms with Gasteiger partial charge in [-0.25, -0.2) is 0 Å². The van der Waals surface area contributed by atoms with Gasteiger partial charge < -0.3 is 5.21 Å². The van der Waals surface area contributed by atoms with E-state index >= 15 is 0 Å². The van der Waals surface area contributed by atoms with Crippen LogP contribution < -0.4 is 4.73 Å². The molecule has 3 nitrogen and oxygen atoms in total. The third kappa shape index (κ3) is 1.49. The van der Waals surface area contributed by atoms with E-state index in [0.29, 0.717) is 11.3 Å².